The molecular formula is C27H28ClFN4O3. The highest BCUT2D eigenvalue weighted by atomic mass is 35.5. The first-order chi connectivity index (χ1) is 17.4. The standard InChI is InChI=1S/C27H28ClFN4O3/c1-17(34)33-9-5-6-18(16-33)19-14-21(28)20-15-22(30-26(20)25(19)29)27(35)32-12-10-31(11-13-32)23-7-3-4-8-24(23)36-2/h3-4,6-8,14-15,30H,5,9-13,16H2,1-2H3. The first-order valence-corrected chi connectivity index (χ1v) is 12.4. The lowest BCUT2D eigenvalue weighted by atomic mass is 9.99. The normalized spacial score (nSPS) is 16.3. The molecule has 0 saturated carbocycles. The van der Waals surface area contributed by atoms with Gasteiger partial charge < -0.3 is 24.4 Å². The molecule has 0 atom stereocenters. The van der Waals surface area contributed by atoms with Gasteiger partial charge in [-0.3, -0.25) is 9.59 Å². The molecule has 188 valence electrons. The van der Waals surface area contributed by atoms with Crippen LogP contribution in [-0.2, 0) is 4.79 Å². The number of para-hydroxylation sites is 2. The molecule has 2 aliphatic rings. The Labute approximate surface area is 214 Å². The van der Waals surface area contributed by atoms with Crippen molar-refractivity contribution < 1.29 is 18.7 Å². The van der Waals surface area contributed by atoms with Gasteiger partial charge in [0.05, 0.1) is 23.3 Å². The van der Waals surface area contributed by atoms with Gasteiger partial charge in [0.15, 0.2) is 5.82 Å². The van der Waals surface area contributed by atoms with Crippen LogP contribution in [-0.4, -0.2) is 73.0 Å². The van der Waals surface area contributed by atoms with Crippen LogP contribution in [0.5, 0.6) is 5.75 Å². The number of H-pyrrole nitrogens is 1. The maximum absolute atomic E-state index is 15.6. The Hall–Kier alpha value is -3.52. The van der Waals surface area contributed by atoms with E-state index in [1.165, 1.54) is 6.92 Å². The zero-order valence-corrected chi connectivity index (χ0v) is 21.1. The predicted octanol–water partition coefficient (Wildman–Crippen LogP) is 4.57. The fourth-order valence-corrected chi connectivity index (χ4v) is 5.25. The third kappa shape index (κ3) is 4.41. The van der Waals surface area contributed by atoms with Crippen molar-refractivity contribution in [3.8, 4) is 5.75 Å². The van der Waals surface area contributed by atoms with Crippen LogP contribution in [0.25, 0.3) is 16.5 Å². The third-order valence-electron chi connectivity index (χ3n) is 6.97. The van der Waals surface area contributed by atoms with Crippen LogP contribution in [0.1, 0.15) is 29.4 Å². The molecular weight excluding hydrogens is 483 g/mol. The Morgan fingerprint density at radius 1 is 1.06 bits per heavy atom. The van der Waals surface area contributed by atoms with E-state index in [1.54, 1.807) is 29.0 Å². The van der Waals surface area contributed by atoms with Crippen molar-refractivity contribution >= 4 is 45.6 Å². The predicted molar refractivity (Wildman–Crippen MR) is 139 cm³/mol. The number of aromatic amines is 1. The number of fused-ring (bicyclic) bond motifs is 1. The molecule has 2 aliphatic heterocycles. The quantitative estimate of drug-likeness (QED) is 0.558. The molecule has 1 aromatic heterocycles. The summed E-state index contributed by atoms with van der Waals surface area (Å²) in [7, 11) is 1.65. The van der Waals surface area contributed by atoms with Gasteiger partial charge in [-0.15, -0.1) is 0 Å². The number of benzene rings is 2. The molecule has 3 aromatic rings. The second-order valence-corrected chi connectivity index (χ2v) is 9.51. The number of amides is 2. The Bertz CT molecular complexity index is 1360. The van der Waals surface area contributed by atoms with E-state index in [2.05, 4.69) is 9.88 Å². The number of methoxy groups -OCH3 is 1. The fraction of sp³-hybridized carbons (Fsp3) is 0.333. The fourth-order valence-electron chi connectivity index (χ4n) is 4.99. The second-order valence-electron chi connectivity index (χ2n) is 9.10. The number of halogens is 2. The third-order valence-corrected chi connectivity index (χ3v) is 7.28. The summed E-state index contributed by atoms with van der Waals surface area (Å²) in [6.07, 6.45) is 2.59. The molecule has 0 aliphatic carbocycles. The summed E-state index contributed by atoms with van der Waals surface area (Å²) >= 11 is 6.53. The summed E-state index contributed by atoms with van der Waals surface area (Å²) in [5, 5.41) is 0.826. The Morgan fingerprint density at radius 3 is 2.53 bits per heavy atom. The van der Waals surface area contributed by atoms with Gasteiger partial charge in [-0.05, 0) is 36.3 Å². The first kappa shape index (κ1) is 24.2. The molecule has 1 saturated heterocycles. The minimum Gasteiger partial charge on any atom is -0.495 e. The van der Waals surface area contributed by atoms with Gasteiger partial charge >= 0.3 is 0 Å². The summed E-state index contributed by atoms with van der Waals surface area (Å²) in [5.74, 6) is 0.0914. The van der Waals surface area contributed by atoms with Gasteiger partial charge in [-0.1, -0.05) is 29.8 Å². The Kier molecular flexibility index (Phi) is 6.62. The van der Waals surface area contributed by atoms with Gasteiger partial charge in [0.25, 0.3) is 5.91 Å². The van der Waals surface area contributed by atoms with Crippen molar-refractivity contribution in [1.82, 2.24) is 14.8 Å². The lowest BCUT2D eigenvalue weighted by Gasteiger charge is -2.36. The maximum atomic E-state index is 15.6. The van der Waals surface area contributed by atoms with Crippen LogP contribution < -0.4 is 9.64 Å². The van der Waals surface area contributed by atoms with Crippen molar-refractivity contribution in [3.63, 3.8) is 0 Å². The van der Waals surface area contributed by atoms with Gasteiger partial charge in [0.1, 0.15) is 11.4 Å². The highest BCUT2D eigenvalue weighted by molar-refractivity contribution is 6.36. The molecule has 9 heteroatoms. The monoisotopic (exact) mass is 510 g/mol. The van der Waals surface area contributed by atoms with Crippen LogP contribution in [0.3, 0.4) is 0 Å². The molecule has 0 spiro atoms. The van der Waals surface area contributed by atoms with E-state index in [1.807, 2.05) is 30.3 Å². The second kappa shape index (κ2) is 9.85. The van der Waals surface area contributed by atoms with Crippen LogP contribution in [0.4, 0.5) is 10.1 Å². The van der Waals surface area contributed by atoms with E-state index < -0.39 is 5.82 Å². The number of anilines is 1. The van der Waals surface area contributed by atoms with Gasteiger partial charge in [0, 0.05) is 57.1 Å². The summed E-state index contributed by atoms with van der Waals surface area (Å²) in [5.41, 5.74) is 2.57. The summed E-state index contributed by atoms with van der Waals surface area (Å²) in [6, 6.07) is 11.0. The van der Waals surface area contributed by atoms with E-state index >= 15 is 4.39 Å². The largest absolute Gasteiger partial charge is 0.495 e. The number of hydrogen-bond acceptors (Lipinski definition) is 4. The maximum Gasteiger partial charge on any atom is 0.270 e. The van der Waals surface area contributed by atoms with Gasteiger partial charge in [-0.2, -0.15) is 0 Å². The molecule has 7 nitrogen and oxygen atoms in total. The topological polar surface area (TPSA) is 68.9 Å². The van der Waals surface area contributed by atoms with E-state index in [0.717, 1.165) is 11.4 Å². The number of nitrogens with one attached hydrogen (secondary N) is 1. The molecule has 5 rings (SSSR count). The molecule has 2 aromatic carbocycles. The number of carbonyl (C=O) groups excluding carboxylic acids is 2. The molecule has 1 fully saturated rings. The lowest BCUT2D eigenvalue weighted by Crippen LogP contribution is -2.49. The van der Waals surface area contributed by atoms with Crippen LogP contribution in [0.2, 0.25) is 5.02 Å². The molecule has 0 radical (unpaired) electrons. The zero-order valence-electron chi connectivity index (χ0n) is 20.3. The molecule has 3 heterocycles. The van der Waals surface area contributed by atoms with Crippen molar-refractivity contribution in [3.05, 3.63) is 64.6 Å². The average molecular weight is 511 g/mol. The lowest BCUT2D eigenvalue weighted by molar-refractivity contribution is -0.128. The highest BCUT2D eigenvalue weighted by Crippen LogP contribution is 2.34. The van der Waals surface area contributed by atoms with Crippen LogP contribution >= 0.6 is 11.6 Å². The summed E-state index contributed by atoms with van der Waals surface area (Å²) < 4.78 is 21.1. The van der Waals surface area contributed by atoms with Crippen LogP contribution in [0, 0.1) is 5.82 Å². The zero-order chi connectivity index (χ0) is 25.4. The number of rotatable bonds is 4. The number of nitrogens with zero attached hydrogens (tertiary/aromatic N) is 3. The number of piperazine rings is 1. The molecule has 1 N–H and O–H groups in total. The van der Waals surface area contributed by atoms with Crippen molar-refractivity contribution in [2.45, 2.75) is 13.3 Å². The van der Waals surface area contributed by atoms with E-state index in [9.17, 15) is 9.59 Å². The highest BCUT2D eigenvalue weighted by Gasteiger charge is 2.27. The minimum absolute atomic E-state index is 0.0493. The number of aromatic nitrogens is 1. The van der Waals surface area contributed by atoms with E-state index in [-0.39, 0.29) is 17.3 Å². The Balaban J connectivity index is 1.36. The van der Waals surface area contributed by atoms with Gasteiger partial charge in [0.2, 0.25) is 5.91 Å². The number of ether oxygens (including phenoxy) is 1. The Morgan fingerprint density at radius 2 is 1.81 bits per heavy atom. The molecule has 2 amide bonds. The van der Waals surface area contributed by atoms with Crippen molar-refractivity contribution in [1.29, 1.82) is 0 Å². The number of carbonyl (C=O) groups is 2. The molecule has 0 unspecified atom stereocenters. The van der Waals surface area contributed by atoms with Crippen molar-refractivity contribution in [2.75, 3.05) is 51.3 Å². The summed E-state index contributed by atoms with van der Waals surface area (Å²) in [6.45, 7) is 4.83. The SMILES string of the molecule is COc1ccccc1N1CCN(C(=O)c2cc3c(Cl)cc(C4=CCCN(C(C)=O)C4)c(F)c3[nH]2)CC1. The average Bonchev–Trinajstić information content (AvgIpc) is 3.37. The summed E-state index contributed by atoms with van der Waals surface area (Å²) in [4.78, 5) is 33.7. The smallest absolute Gasteiger partial charge is 0.270 e. The van der Waals surface area contributed by atoms with E-state index in [4.69, 9.17) is 16.3 Å². The minimum atomic E-state index is -0.467. The first-order valence-electron chi connectivity index (χ1n) is 12.0. The number of hydrogen-bond donors (Lipinski definition) is 1. The van der Waals surface area contributed by atoms with Gasteiger partial charge in [-0.25, -0.2) is 4.39 Å². The van der Waals surface area contributed by atoms with Crippen molar-refractivity contribution in [2.24, 2.45) is 0 Å². The molecule has 0 bridgehead atoms. The molecule has 36 heavy (non-hydrogen) atoms. The van der Waals surface area contributed by atoms with E-state index in [0.29, 0.717) is 72.9 Å². The van der Waals surface area contributed by atoms with Crippen LogP contribution in [0.15, 0.2) is 42.5 Å².